The molecule has 0 fully saturated rings. The number of nitrogens with zero attached hydrogens (tertiary/aromatic N) is 1. The van der Waals surface area contributed by atoms with E-state index in [1.807, 2.05) is 13.0 Å². The van der Waals surface area contributed by atoms with Gasteiger partial charge in [-0.25, -0.2) is 0 Å². The van der Waals surface area contributed by atoms with Gasteiger partial charge in [-0.05, 0) is 13.8 Å². The molecule has 2 heteroatoms. The lowest BCUT2D eigenvalue weighted by atomic mass is 9.71. The molecule has 9 heavy (non-hydrogen) atoms. The zero-order valence-corrected chi connectivity index (χ0v) is 6.60. The number of allylic oxidation sites excluding steroid dienone is 2. The van der Waals surface area contributed by atoms with Crippen LogP contribution in [0.4, 0.5) is 0 Å². The summed E-state index contributed by atoms with van der Waals surface area (Å²) < 4.78 is 0. The quantitative estimate of drug-likeness (QED) is 0.390. The van der Waals surface area contributed by atoms with Crippen LogP contribution in [-0.2, 0) is 0 Å². The van der Waals surface area contributed by atoms with Gasteiger partial charge in [0.15, 0.2) is 0 Å². The van der Waals surface area contributed by atoms with Crippen molar-refractivity contribution in [2.75, 3.05) is 7.05 Å². The molecule has 0 aromatic heterocycles. The zero-order chi connectivity index (χ0) is 7.28. The van der Waals surface area contributed by atoms with Gasteiger partial charge in [0.2, 0.25) is 0 Å². The molecule has 0 N–H and O–H groups in total. The first-order chi connectivity index (χ1) is 4.22. The van der Waals surface area contributed by atoms with Gasteiger partial charge in [-0.3, -0.25) is 4.99 Å². The summed E-state index contributed by atoms with van der Waals surface area (Å²) in [4.78, 5) is 3.91. The summed E-state index contributed by atoms with van der Waals surface area (Å²) in [6, 6.07) is 0. The molecule has 0 unspecified atom stereocenters. The molecule has 0 atom stereocenters. The molecule has 1 nitrogen and oxygen atoms in total. The maximum Gasteiger partial charge on any atom is 0.150 e. The van der Waals surface area contributed by atoms with E-state index in [9.17, 15) is 0 Å². The van der Waals surface area contributed by atoms with E-state index in [1.165, 1.54) is 11.0 Å². The summed E-state index contributed by atoms with van der Waals surface area (Å²) in [6.45, 7) is 6.18. The second-order valence-electron chi connectivity index (χ2n) is 2.13. The Morgan fingerprint density at radius 2 is 2.00 bits per heavy atom. The third-order valence-electron chi connectivity index (χ3n) is 1.16. The van der Waals surface area contributed by atoms with Crippen LogP contribution in [0.2, 0.25) is 6.82 Å². The van der Waals surface area contributed by atoms with Gasteiger partial charge in [0.25, 0.3) is 0 Å². The van der Waals surface area contributed by atoms with Gasteiger partial charge in [0.05, 0.1) is 0 Å². The third-order valence-corrected chi connectivity index (χ3v) is 1.16. The van der Waals surface area contributed by atoms with Crippen molar-refractivity contribution >= 4 is 13.5 Å². The highest BCUT2D eigenvalue weighted by molar-refractivity contribution is 6.50. The summed E-state index contributed by atoms with van der Waals surface area (Å²) in [7, 11) is 3.84. The lowest BCUT2D eigenvalue weighted by Gasteiger charge is -1.96. The lowest BCUT2D eigenvalue weighted by molar-refractivity contribution is 1.38. The Morgan fingerprint density at radius 1 is 1.44 bits per heavy atom. The Morgan fingerprint density at radius 3 is 2.11 bits per heavy atom. The summed E-state index contributed by atoms with van der Waals surface area (Å²) in [5.41, 5.74) is 2.53. The SMILES string of the molecule is C[B]C(C=NC)=C(C)C. The van der Waals surface area contributed by atoms with Gasteiger partial charge in [0.1, 0.15) is 7.28 Å². The van der Waals surface area contributed by atoms with Crippen LogP contribution in [0.1, 0.15) is 13.8 Å². The molecule has 0 aliphatic rings. The Balaban J connectivity index is 4.16. The van der Waals surface area contributed by atoms with E-state index < -0.39 is 0 Å². The fraction of sp³-hybridized carbons (Fsp3) is 0.571. The Kier molecular flexibility index (Phi) is 4.11. The molecular weight excluding hydrogens is 109 g/mol. The summed E-state index contributed by atoms with van der Waals surface area (Å²) in [5, 5.41) is 0. The van der Waals surface area contributed by atoms with E-state index in [0.29, 0.717) is 0 Å². The molecule has 0 bridgehead atoms. The average molecular weight is 122 g/mol. The lowest BCUT2D eigenvalue weighted by Crippen LogP contribution is -1.94. The van der Waals surface area contributed by atoms with Gasteiger partial charge >= 0.3 is 0 Å². The van der Waals surface area contributed by atoms with Crippen LogP contribution in [0.5, 0.6) is 0 Å². The predicted octanol–water partition coefficient (Wildman–Crippen LogP) is 1.73. The van der Waals surface area contributed by atoms with Crippen molar-refractivity contribution in [3.63, 3.8) is 0 Å². The normalized spacial score (nSPS) is 9.78. The Hall–Kier alpha value is -0.525. The fourth-order valence-electron chi connectivity index (χ4n) is 0.631. The molecule has 0 aromatic rings. The molecular formula is C7H13BN. The monoisotopic (exact) mass is 122 g/mol. The van der Waals surface area contributed by atoms with Gasteiger partial charge in [-0.2, -0.15) is 0 Å². The smallest absolute Gasteiger partial charge is 0.150 e. The van der Waals surface area contributed by atoms with Crippen LogP contribution in [-0.4, -0.2) is 20.5 Å². The maximum atomic E-state index is 3.91. The van der Waals surface area contributed by atoms with Crippen molar-refractivity contribution in [2.45, 2.75) is 20.7 Å². The second kappa shape index (κ2) is 4.36. The van der Waals surface area contributed by atoms with Crippen LogP contribution in [0.25, 0.3) is 0 Å². The van der Waals surface area contributed by atoms with E-state index >= 15 is 0 Å². The molecule has 0 spiro atoms. The molecule has 49 valence electrons. The second-order valence-corrected chi connectivity index (χ2v) is 2.13. The van der Waals surface area contributed by atoms with E-state index in [4.69, 9.17) is 0 Å². The highest BCUT2D eigenvalue weighted by atomic mass is 14.6. The highest BCUT2D eigenvalue weighted by Gasteiger charge is 1.90. The van der Waals surface area contributed by atoms with Gasteiger partial charge in [-0.1, -0.05) is 17.9 Å². The first-order valence-corrected chi connectivity index (χ1v) is 3.11. The summed E-state index contributed by atoms with van der Waals surface area (Å²) >= 11 is 0. The van der Waals surface area contributed by atoms with E-state index in [2.05, 4.69) is 26.1 Å². The van der Waals surface area contributed by atoms with Crippen LogP contribution in [0.3, 0.4) is 0 Å². The predicted molar refractivity (Wildman–Crippen MR) is 44.4 cm³/mol. The third kappa shape index (κ3) is 3.12. The van der Waals surface area contributed by atoms with Gasteiger partial charge in [0, 0.05) is 13.3 Å². The van der Waals surface area contributed by atoms with Crippen molar-refractivity contribution in [1.29, 1.82) is 0 Å². The first kappa shape index (κ1) is 8.47. The molecule has 0 aromatic carbocycles. The number of aliphatic imine (C=N–C) groups is 1. The maximum absolute atomic E-state index is 3.91. The molecule has 0 aliphatic heterocycles. The minimum atomic E-state index is 1.22. The van der Waals surface area contributed by atoms with E-state index in [1.54, 1.807) is 7.05 Å². The molecule has 0 aliphatic carbocycles. The van der Waals surface area contributed by atoms with Crippen LogP contribution in [0.15, 0.2) is 16.0 Å². The summed E-state index contributed by atoms with van der Waals surface area (Å²) in [5.74, 6) is 0. The Bertz CT molecular complexity index is 132. The van der Waals surface area contributed by atoms with Crippen LogP contribution >= 0.6 is 0 Å². The van der Waals surface area contributed by atoms with Crippen LogP contribution < -0.4 is 0 Å². The van der Waals surface area contributed by atoms with Crippen molar-refractivity contribution in [2.24, 2.45) is 4.99 Å². The standard InChI is InChI=1S/C7H13BN/c1-6(2)7(8-3)5-9-4/h5H,1-4H3. The number of hydrogen-bond donors (Lipinski definition) is 0. The molecule has 0 heterocycles. The minimum Gasteiger partial charge on any atom is -0.297 e. The minimum absolute atomic E-state index is 1.22. The molecule has 0 saturated heterocycles. The van der Waals surface area contributed by atoms with Crippen molar-refractivity contribution in [1.82, 2.24) is 0 Å². The van der Waals surface area contributed by atoms with Crippen LogP contribution in [0, 0.1) is 0 Å². The molecule has 0 saturated carbocycles. The van der Waals surface area contributed by atoms with Gasteiger partial charge in [-0.15, -0.1) is 0 Å². The Labute approximate surface area is 58.1 Å². The largest absolute Gasteiger partial charge is 0.297 e. The molecule has 1 radical (unpaired) electrons. The first-order valence-electron chi connectivity index (χ1n) is 3.11. The fourth-order valence-corrected chi connectivity index (χ4v) is 0.631. The molecule has 0 rings (SSSR count). The summed E-state index contributed by atoms with van der Waals surface area (Å²) in [6.07, 6.45) is 1.87. The highest BCUT2D eigenvalue weighted by Crippen LogP contribution is 1.97. The van der Waals surface area contributed by atoms with Crippen molar-refractivity contribution < 1.29 is 0 Å². The van der Waals surface area contributed by atoms with E-state index in [-0.39, 0.29) is 0 Å². The van der Waals surface area contributed by atoms with Crippen molar-refractivity contribution in [3.8, 4) is 0 Å². The average Bonchev–Trinajstić information content (AvgIpc) is 1.82. The van der Waals surface area contributed by atoms with Gasteiger partial charge < -0.3 is 0 Å². The number of hydrogen-bond acceptors (Lipinski definition) is 1. The zero-order valence-electron chi connectivity index (χ0n) is 6.60. The van der Waals surface area contributed by atoms with E-state index in [0.717, 1.165) is 0 Å². The van der Waals surface area contributed by atoms with Crippen molar-refractivity contribution in [3.05, 3.63) is 11.0 Å². The molecule has 0 amide bonds. The number of rotatable bonds is 2. The topological polar surface area (TPSA) is 12.4 Å².